The molecule has 1 aliphatic heterocycles. The van der Waals surface area contributed by atoms with E-state index in [1.807, 2.05) is 37.2 Å². The van der Waals surface area contributed by atoms with E-state index in [4.69, 9.17) is 4.74 Å². The summed E-state index contributed by atoms with van der Waals surface area (Å²) in [5.74, 6) is 0.421. The van der Waals surface area contributed by atoms with Crippen molar-refractivity contribution in [2.75, 3.05) is 40.9 Å². The Labute approximate surface area is 160 Å². The maximum absolute atomic E-state index is 12.5. The SMILES string of the molecule is COC(=O)CCCC(=O)N1CCOc2ccc(C(C)(O)CN(C)C)cc2C1. The molecule has 1 amide bonds. The van der Waals surface area contributed by atoms with Gasteiger partial charge in [-0.1, -0.05) is 6.07 Å². The summed E-state index contributed by atoms with van der Waals surface area (Å²) in [5.41, 5.74) is 0.670. The number of carbonyl (C=O) groups excluding carboxylic acids is 2. The molecule has 1 aromatic carbocycles. The predicted molar refractivity (Wildman–Crippen MR) is 101 cm³/mol. The third-order valence-corrected chi connectivity index (χ3v) is 4.64. The Morgan fingerprint density at radius 3 is 2.74 bits per heavy atom. The number of fused-ring (bicyclic) bond motifs is 1. The summed E-state index contributed by atoms with van der Waals surface area (Å²) in [6.45, 7) is 3.61. The molecular weight excluding hydrogens is 348 g/mol. The molecule has 1 heterocycles. The first-order valence-electron chi connectivity index (χ1n) is 9.21. The molecule has 0 aliphatic carbocycles. The van der Waals surface area contributed by atoms with Gasteiger partial charge in [0.05, 0.1) is 19.3 Å². The van der Waals surface area contributed by atoms with Crippen LogP contribution in [0.3, 0.4) is 0 Å². The molecule has 2 rings (SSSR count). The smallest absolute Gasteiger partial charge is 0.305 e. The number of amides is 1. The van der Waals surface area contributed by atoms with Crippen molar-refractivity contribution in [2.24, 2.45) is 0 Å². The highest BCUT2D eigenvalue weighted by Gasteiger charge is 2.27. The lowest BCUT2D eigenvalue weighted by molar-refractivity contribution is -0.141. The van der Waals surface area contributed by atoms with Crippen LogP contribution in [-0.2, 0) is 26.5 Å². The van der Waals surface area contributed by atoms with Crippen LogP contribution in [0.1, 0.15) is 37.3 Å². The fourth-order valence-electron chi connectivity index (χ4n) is 3.29. The van der Waals surface area contributed by atoms with Crippen molar-refractivity contribution in [3.8, 4) is 5.75 Å². The number of benzene rings is 1. The van der Waals surface area contributed by atoms with Gasteiger partial charge in [0.15, 0.2) is 0 Å². The Hall–Kier alpha value is -2.12. The highest BCUT2D eigenvalue weighted by atomic mass is 16.5. The van der Waals surface area contributed by atoms with E-state index in [2.05, 4.69) is 4.74 Å². The molecule has 1 N–H and O–H groups in total. The van der Waals surface area contributed by atoms with Gasteiger partial charge in [0, 0.05) is 31.5 Å². The molecular formula is C20H30N2O5. The second-order valence-corrected chi connectivity index (χ2v) is 7.43. The summed E-state index contributed by atoms with van der Waals surface area (Å²) in [6, 6.07) is 5.65. The van der Waals surface area contributed by atoms with Gasteiger partial charge < -0.3 is 24.4 Å². The summed E-state index contributed by atoms with van der Waals surface area (Å²) < 4.78 is 10.4. The summed E-state index contributed by atoms with van der Waals surface area (Å²) in [7, 11) is 5.17. The third kappa shape index (κ3) is 5.94. The van der Waals surface area contributed by atoms with Gasteiger partial charge >= 0.3 is 5.97 Å². The van der Waals surface area contributed by atoms with Crippen LogP contribution in [0, 0.1) is 0 Å². The number of carbonyl (C=O) groups is 2. The first kappa shape index (κ1) is 21.2. The molecule has 7 nitrogen and oxygen atoms in total. The van der Waals surface area contributed by atoms with Crippen molar-refractivity contribution in [1.29, 1.82) is 0 Å². The molecule has 1 unspecified atom stereocenters. The maximum Gasteiger partial charge on any atom is 0.305 e. The summed E-state index contributed by atoms with van der Waals surface area (Å²) in [6.07, 6.45) is 0.997. The summed E-state index contributed by atoms with van der Waals surface area (Å²) in [4.78, 5) is 27.4. The minimum Gasteiger partial charge on any atom is -0.491 e. The zero-order valence-corrected chi connectivity index (χ0v) is 16.7. The van der Waals surface area contributed by atoms with E-state index in [0.717, 1.165) is 16.9 Å². The molecule has 1 aliphatic rings. The molecule has 0 spiro atoms. The number of aliphatic hydroxyl groups is 1. The normalized spacial score (nSPS) is 16.1. The third-order valence-electron chi connectivity index (χ3n) is 4.64. The average molecular weight is 378 g/mol. The van der Waals surface area contributed by atoms with E-state index in [1.54, 1.807) is 11.8 Å². The lowest BCUT2D eigenvalue weighted by atomic mass is 9.93. The number of esters is 1. The maximum atomic E-state index is 12.5. The molecule has 0 saturated carbocycles. The van der Waals surface area contributed by atoms with Gasteiger partial charge in [0.25, 0.3) is 0 Å². The fourth-order valence-corrected chi connectivity index (χ4v) is 3.29. The largest absolute Gasteiger partial charge is 0.491 e. The van der Waals surface area contributed by atoms with Gasteiger partial charge in [-0.3, -0.25) is 9.59 Å². The van der Waals surface area contributed by atoms with Crippen LogP contribution in [0.5, 0.6) is 5.75 Å². The molecule has 0 saturated heterocycles. The van der Waals surface area contributed by atoms with Crippen LogP contribution in [0.2, 0.25) is 0 Å². The minimum absolute atomic E-state index is 0.0131. The average Bonchev–Trinajstić information content (AvgIpc) is 2.82. The van der Waals surface area contributed by atoms with Crippen LogP contribution < -0.4 is 4.74 Å². The van der Waals surface area contributed by atoms with Crippen LogP contribution in [0.15, 0.2) is 18.2 Å². The van der Waals surface area contributed by atoms with Crippen molar-refractivity contribution in [3.63, 3.8) is 0 Å². The second kappa shape index (κ2) is 9.19. The van der Waals surface area contributed by atoms with E-state index in [-0.39, 0.29) is 18.3 Å². The van der Waals surface area contributed by atoms with Gasteiger partial charge in [-0.2, -0.15) is 0 Å². The number of hydrogen-bond donors (Lipinski definition) is 1. The predicted octanol–water partition coefficient (Wildman–Crippen LogP) is 1.52. The molecule has 0 bridgehead atoms. The molecule has 1 aromatic rings. The van der Waals surface area contributed by atoms with Gasteiger partial charge in [-0.05, 0) is 45.1 Å². The van der Waals surface area contributed by atoms with Gasteiger partial charge in [-0.25, -0.2) is 0 Å². The molecule has 7 heteroatoms. The zero-order chi connectivity index (χ0) is 20.0. The standard InChI is InChI=1S/C20H30N2O5/c1-20(25,14-21(2)3)16-8-9-17-15(12-16)13-22(10-11-27-17)18(23)6-5-7-19(24)26-4/h8-9,12,25H,5-7,10-11,13-14H2,1-4H3. The summed E-state index contributed by atoms with van der Waals surface area (Å²) >= 11 is 0. The van der Waals surface area contributed by atoms with Crippen molar-refractivity contribution in [3.05, 3.63) is 29.3 Å². The van der Waals surface area contributed by atoms with Gasteiger partial charge in [-0.15, -0.1) is 0 Å². The van der Waals surface area contributed by atoms with Gasteiger partial charge in [0.2, 0.25) is 5.91 Å². The number of ether oxygens (including phenoxy) is 2. The lowest BCUT2D eigenvalue weighted by Crippen LogP contribution is -2.35. The number of methoxy groups -OCH3 is 1. The molecule has 0 radical (unpaired) electrons. The van der Waals surface area contributed by atoms with E-state index < -0.39 is 5.60 Å². The number of rotatable bonds is 7. The quantitative estimate of drug-likeness (QED) is 0.725. The Morgan fingerprint density at radius 1 is 1.33 bits per heavy atom. The van der Waals surface area contributed by atoms with Crippen LogP contribution >= 0.6 is 0 Å². The molecule has 0 aromatic heterocycles. The highest BCUT2D eigenvalue weighted by molar-refractivity contribution is 5.77. The van der Waals surface area contributed by atoms with Crippen LogP contribution in [0.4, 0.5) is 0 Å². The van der Waals surface area contributed by atoms with Gasteiger partial charge in [0.1, 0.15) is 12.4 Å². The molecule has 0 fully saturated rings. The Balaban J connectivity index is 2.09. The number of likely N-dealkylation sites (N-methyl/N-ethyl adjacent to an activating group) is 1. The Kier molecular flexibility index (Phi) is 7.21. The first-order chi connectivity index (χ1) is 12.7. The van der Waals surface area contributed by atoms with Crippen molar-refractivity contribution in [2.45, 2.75) is 38.3 Å². The van der Waals surface area contributed by atoms with Crippen molar-refractivity contribution >= 4 is 11.9 Å². The number of hydrogen-bond acceptors (Lipinski definition) is 6. The Bertz CT molecular complexity index is 672. The van der Waals surface area contributed by atoms with E-state index >= 15 is 0 Å². The molecule has 27 heavy (non-hydrogen) atoms. The molecule has 1 atom stereocenters. The van der Waals surface area contributed by atoms with Crippen molar-refractivity contribution in [1.82, 2.24) is 9.80 Å². The molecule has 150 valence electrons. The van der Waals surface area contributed by atoms with E-state index in [0.29, 0.717) is 39.1 Å². The summed E-state index contributed by atoms with van der Waals surface area (Å²) in [5, 5.41) is 10.8. The lowest BCUT2D eigenvalue weighted by Gasteiger charge is -2.28. The Morgan fingerprint density at radius 2 is 2.07 bits per heavy atom. The first-order valence-corrected chi connectivity index (χ1v) is 9.21. The topological polar surface area (TPSA) is 79.3 Å². The number of nitrogens with zero attached hydrogens (tertiary/aromatic N) is 2. The minimum atomic E-state index is -1.000. The zero-order valence-electron chi connectivity index (χ0n) is 16.7. The fraction of sp³-hybridized carbons (Fsp3) is 0.600. The van der Waals surface area contributed by atoms with Crippen LogP contribution in [-0.4, -0.2) is 67.7 Å². The monoisotopic (exact) mass is 378 g/mol. The van der Waals surface area contributed by atoms with Crippen molar-refractivity contribution < 1.29 is 24.2 Å². The van der Waals surface area contributed by atoms with E-state index in [9.17, 15) is 14.7 Å². The second-order valence-electron chi connectivity index (χ2n) is 7.43. The highest BCUT2D eigenvalue weighted by Crippen LogP contribution is 2.30. The van der Waals surface area contributed by atoms with E-state index in [1.165, 1.54) is 7.11 Å². The van der Waals surface area contributed by atoms with Crippen LogP contribution in [0.25, 0.3) is 0 Å².